The number of urea groups is 1. The smallest absolute Gasteiger partial charge is 0.322 e. The van der Waals surface area contributed by atoms with Crippen LogP contribution in [-0.4, -0.2) is 42.2 Å². The van der Waals surface area contributed by atoms with Crippen molar-refractivity contribution in [3.8, 4) is 5.88 Å². The van der Waals surface area contributed by atoms with Gasteiger partial charge < -0.3 is 19.7 Å². The SMILES string of the molecule is CCOc1ncccc1NC(=O)N1CCO[C@H](c2ccc(F)cc2)C1. The zero-order valence-electron chi connectivity index (χ0n) is 13.9. The Morgan fingerprint density at radius 1 is 1.40 bits per heavy atom. The highest BCUT2D eigenvalue weighted by Gasteiger charge is 2.26. The number of hydrogen-bond donors (Lipinski definition) is 1. The molecule has 1 aromatic heterocycles. The molecule has 1 atom stereocenters. The molecule has 2 aromatic rings. The number of carbonyl (C=O) groups excluding carboxylic acids is 1. The number of halogens is 1. The molecule has 2 amide bonds. The summed E-state index contributed by atoms with van der Waals surface area (Å²) in [5.74, 6) is 0.0934. The Kier molecular flexibility index (Phi) is 5.45. The van der Waals surface area contributed by atoms with Gasteiger partial charge >= 0.3 is 6.03 Å². The van der Waals surface area contributed by atoms with Gasteiger partial charge in [-0.3, -0.25) is 0 Å². The third-order valence-corrected chi connectivity index (χ3v) is 3.89. The highest BCUT2D eigenvalue weighted by atomic mass is 19.1. The Morgan fingerprint density at radius 2 is 2.20 bits per heavy atom. The molecule has 1 N–H and O–H groups in total. The van der Waals surface area contributed by atoms with Crippen LogP contribution in [0.15, 0.2) is 42.6 Å². The number of ether oxygens (including phenoxy) is 2. The summed E-state index contributed by atoms with van der Waals surface area (Å²) in [6.07, 6.45) is 1.33. The molecule has 2 heterocycles. The fourth-order valence-corrected chi connectivity index (χ4v) is 2.64. The zero-order chi connectivity index (χ0) is 17.6. The third kappa shape index (κ3) is 4.24. The zero-order valence-corrected chi connectivity index (χ0v) is 13.9. The Labute approximate surface area is 145 Å². The number of benzene rings is 1. The summed E-state index contributed by atoms with van der Waals surface area (Å²) < 4.78 is 24.2. The highest BCUT2D eigenvalue weighted by molar-refractivity contribution is 5.90. The summed E-state index contributed by atoms with van der Waals surface area (Å²) in [5.41, 5.74) is 1.37. The van der Waals surface area contributed by atoms with E-state index in [1.54, 1.807) is 35.4 Å². The van der Waals surface area contributed by atoms with Crippen molar-refractivity contribution >= 4 is 11.7 Å². The van der Waals surface area contributed by atoms with Gasteiger partial charge in [0.15, 0.2) is 0 Å². The van der Waals surface area contributed by atoms with Crippen LogP contribution in [0.3, 0.4) is 0 Å². The largest absolute Gasteiger partial charge is 0.476 e. The second-order valence-electron chi connectivity index (χ2n) is 5.58. The Hall–Kier alpha value is -2.67. The Bertz CT molecular complexity index is 724. The lowest BCUT2D eigenvalue weighted by Crippen LogP contribution is -2.44. The van der Waals surface area contributed by atoms with Crippen LogP contribution in [0, 0.1) is 5.82 Å². The number of hydrogen-bond acceptors (Lipinski definition) is 4. The molecule has 0 saturated carbocycles. The number of rotatable bonds is 4. The van der Waals surface area contributed by atoms with Gasteiger partial charge in [-0.25, -0.2) is 14.2 Å². The molecule has 1 aliphatic heterocycles. The van der Waals surface area contributed by atoms with E-state index in [0.29, 0.717) is 37.9 Å². The van der Waals surface area contributed by atoms with Gasteiger partial charge in [0.2, 0.25) is 5.88 Å². The van der Waals surface area contributed by atoms with Crippen molar-refractivity contribution < 1.29 is 18.7 Å². The van der Waals surface area contributed by atoms with E-state index in [4.69, 9.17) is 9.47 Å². The van der Waals surface area contributed by atoms with Crippen molar-refractivity contribution in [1.29, 1.82) is 0 Å². The predicted molar refractivity (Wildman–Crippen MR) is 91.1 cm³/mol. The van der Waals surface area contributed by atoms with E-state index in [1.165, 1.54) is 12.1 Å². The van der Waals surface area contributed by atoms with Gasteiger partial charge in [-0.1, -0.05) is 12.1 Å². The quantitative estimate of drug-likeness (QED) is 0.924. The van der Waals surface area contributed by atoms with Crippen molar-refractivity contribution in [2.24, 2.45) is 0 Å². The molecule has 1 saturated heterocycles. The number of carbonyl (C=O) groups is 1. The van der Waals surface area contributed by atoms with Crippen LogP contribution in [0.25, 0.3) is 0 Å². The van der Waals surface area contributed by atoms with Gasteiger partial charge in [-0.05, 0) is 36.8 Å². The standard InChI is InChI=1S/C18H20FN3O3/c1-2-24-17-15(4-3-9-20-17)21-18(23)22-10-11-25-16(12-22)13-5-7-14(19)8-6-13/h3-9,16H,2,10-12H2,1H3,(H,21,23)/t16-/m0/s1. The van der Waals surface area contributed by atoms with Crippen molar-refractivity contribution in [2.75, 3.05) is 31.6 Å². The second kappa shape index (κ2) is 7.94. The predicted octanol–water partition coefficient (Wildman–Crippen LogP) is 3.22. The van der Waals surface area contributed by atoms with Gasteiger partial charge in [0.25, 0.3) is 0 Å². The van der Waals surface area contributed by atoms with Gasteiger partial charge in [-0.15, -0.1) is 0 Å². The van der Waals surface area contributed by atoms with Gasteiger partial charge in [0.05, 0.1) is 19.8 Å². The Morgan fingerprint density at radius 3 is 2.96 bits per heavy atom. The van der Waals surface area contributed by atoms with E-state index >= 15 is 0 Å². The minimum atomic E-state index is -0.297. The molecule has 1 fully saturated rings. The lowest BCUT2D eigenvalue weighted by molar-refractivity contribution is -0.0135. The molecule has 1 aromatic carbocycles. The first-order valence-corrected chi connectivity index (χ1v) is 8.18. The molecule has 132 valence electrons. The molecule has 0 unspecified atom stereocenters. The van der Waals surface area contributed by atoms with E-state index in [2.05, 4.69) is 10.3 Å². The number of pyridine rings is 1. The van der Waals surface area contributed by atoms with Crippen molar-refractivity contribution in [3.05, 3.63) is 54.0 Å². The maximum atomic E-state index is 13.1. The number of nitrogens with one attached hydrogen (secondary N) is 1. The summed E-state index contributed by atoms with van der Waals surface area (Å²) in [6, 6.07) is 9.37. The molecule has 6 nitrogen and oxygen atoms in total. The maximum absolute atomic E-state index is 13.1. The average Bonchev–Trinajstić information content (AvgIpc) is 2.64. The number of morpholine rings is 1. The summed E-state index contributed by atoms with van der Waals surface area (Å²) in [4.78, 5) is 18.4. The first-order chi connectivity index (χ1) is 12.2. The molecule has 0 spiro atoms. The van der Waals surface area contributed by atoms with E-state index in [1.807, 2.05) is 6.92 Å². The summed E-state index contributed by atoms with van der Waals surface area (Å²) in [7, 11) is 0. The first kappa shape index (κ1) is 17.2. The number of aromatic nitrogens is 1. The first-order valence-electron chi connectivity index (χ1n) is 8.18. The number of nitrogens with zero attached hydrogens (tertiary/aromatic N) is 2. The molecule has 0 radical (unpaired) electrons. The summed E-state index contributed by atoms with van der Waals surface area (Å²) in [5, 5.41) is 2.83. The number of anilines is 1. The molecule has 1 aliphatic rings. The normalized spacial score (nSPS) is 17.2. The van der Waals surface area contributed by atoms with E-state index in [0.717, 1.165) is 5.56 Å². The van der Waals surface area contributed by atoms with Crippen LogP contribution in [0.4, 0.5) is 14.9 Å². The summed E-state index contributed by atoms with van der Waals surface area (Å²) in [6.45, 7) is 3.61. The molecule has 3 rings (SSSR count). The van der Waals surface area contributed by atoms with Crippen LogP contribution in [0.2, 0.25) is 0 Å². The van der Waals surface area contributed by atoms with Crippen LogP contribution in [-0.2, 0) is 4.74 Å². The molecule has 0 bridgehead atoms. The van der Waals surface area contributed by atoms with E-state index in [9.17, 15) is 9.18 Å². The van der Waals surface area contributed by atoms with E-state index < -0.39 is 0 Å². The van der Waals surface area contributed by atoms with Gasteiger partial charge in [0.1, 0.15) is 17.6 Å². The highest BCUT2D eigenvalue weighted by Crippen LogP contribution is 2.25. The summed E-state index contributed by atoms with van der Waals surface area (Å²) >= 11 is 0. The van der Waals surface area contributed by atoms with Crippen LogP contribution >= 0.6 is 0 Å². The molecule has 0 aliphatic carbocycles. The van der Waals surface area contributed by atoms with Gasteiger partial charge in [0, 0.05) is 12.7 Å². The van der Waals surface area contributed by atoms with E-state index in [-0.39, 0.29) is 18.0 Å². The minimum Gasteiger partial charge on any atom is -0.476 e. The van der Waals surface area contributed by atoms with Crippen LogP contribution < -0.4 is 10.1 Å². The maximum Gasteiger partial charge on any atom is 0.322 e. The van der Waals surface area contributed by atoms with Gasteiger partial charge in [-0.2, -0.15) is 0 Å². The second-order valence-corrected chi connectivity index (χ2v) is 5.58. The molecule has 25 heavy (non-hydrogen) atoms. The van der Waals surface area contributed by atoms with Crippen molar-refractivity contribution in [1.82, 2.24) is 9.88 Å². The van der Waals surface area contributed by atoms with Crippen molar-refractivity contribution in [3.63, 3.8) is 0 Å². The molecular weight excluding hydrogens is 325 g/mol. The van der Waals surface area contributed by atoms with Crippen LogP contribution in [0.1, 0.15) is 18.6 Å². The fourth-order valence-electron chi connectivity index (χ4n) is 2.64. The third-order valence-electron chi connectivity index (χ3n) is 3.89. The monoisotopic (exact) mass is 345 g/mol. The van der Waals surface area contributed by atoms with Crippen molar-refractivity contribution in [2.45, 2.75) is 13.0 Å². The number of amides is 2. The van der Waals surface area contributed by atoms with Crippen LogP contribution in [0.5, 0.6) is 5.88 Å². The minimum absolute atomic E-state index is 0.246. The Balaban J connectivity index is 1.67. The molecule has 7 heteroatoms. The lowest BCUT2D eigenvalue weighted by atomic mass is 10.1. The average molecular weight is 345 g/mol. The fraction of sp³-hybridized carbons (Fsp3) is 0.333. The topological polar surface area (TPSA) is 63.7 Å². The lowest BCUT2D eigenvalue weighted by Gasteiger charge is -2.33. The molecular formula is C18H20FN3O3.